The largest absolute Gasteiger partial charge is 0.380 e. The normalized spacial score (nSPS) is 23.2. The Kier molecular flexibility index (Phi) is 4.35. The summed E-state index contributed by atoms with van der Waals surface area (Å²) in [6.07, 6.45) is 4.93. The van der Waals surface area contributed by atoms with Crippen LogP contribution in [-0.4, -0.2) is 48.3 Å². The molecule has 120 valence electrons. The molecule has 0 bridgehead atoms. The van der Waals surface area contributed by atoms with E-state index in [1.54, 1.807) is 39.8 Å². The molecule has 0 radical (unpaired) electrons. The molecule has 1 aliphatic rings. The van der Waals surface area contributed by atoms with Gasteiger partial charge in [0.05, 0.1) is 18.3 Å². The molecule has 0 unspecified atom stereocenters. The standard InChI is InChI=1S/C14H19N3O3S2/c1-16-10-11(9-15-16)8-12-13(20-2)5-6-17(12)22(18,19)14-4-3-7-21-14/h3-4,7,9-10,12-13H,5-6,8H2,1-2H3/t12-,13+/m1/s1. The number of aryl methyl sites for hydroxylation is 1. The van der Waals surface area contributed by atoms with Crippen LogP contribution in [0.15, 0.2) is 34.1 Å². The molecule has 6 nitrogen and oxygen atoms in total. The summed E-state index contributed by atoms with van der Waals surface area (Å²) >= 11 is 1.25. The van der Waals surface area contributed by atoms with Crippen LogP contribution in [0.25, 0.3) is 0 Å². The number of nitrogens with zero attached hydrogens (tertiary/aromatic N) is 3. The molecule has 22 heavy (non-hydrogen) atoms. The number of thiophene rings is 1. The Hall–Kier alpha value is -1.22. The summed E-state index contributed by atoms with van der Waals surface area (Å²) in [6.45, 7) is 0.490. The summed E-state index contributed by atoms with van der Waals surface area (Å²) in [5.41, 5.74) is 1.02. The minimum Gasteiger partial charge on any atom is -0.380 e. The topological polar surface area (TPSA) is 64.4 Å². The van der Waals surface area contributed by atoms with Crippen molar-refractivity contribution in [1.82, 2.24) is 14.1 Å². The van der Waals surface area contributed by atoms with E-state index in [0.29, 0.717) is 23.6 Å². The fourth-order valence-corrected chi connectivity index (χ4v) is 5.73. The number of sulfonamides is 1. The van der Waals surface area contributed by atoms with Gasteiger partial charge in [0.2, 0.25) is 0 Å². The summed E-state index contributed by atoms with van der Waals surface area (Å²) < 4.78 is 34.9. The second-order valence-electron chi connectivity index (χ2n) is 5.40. The van der Waals surface area contributed by atoms with Crippen LogP contribution in [0.4, 0.5) is 0 Å². The molecule has 1 aliphatic heterocycles. The van der Waals surface area contributed by atoms with Gasteiger partial charge in [-0.2, -0.15) is 9.40 Å². The lowest BCUT2D eigenvalue weighted by atomic mass is 10.1. The first-order valence-corrected chi connectivity index (χ1v) is 9.40. The summed E-state index contributed by atoms with van der Waals surface area (Å²) in [6, 6.07) is 3.22. The van der Waals surface area contributed by atoms with E-state index < -0.39 is 10.0 Å². The predicted octanol–water partition coefficient (Wildman–Crippen LogP) is 1.50. The highest BCUT2D eigenvalue weighted by Crippen LogP contribution is 2.31. The van der Waals surface area contributed by atoms with Crippen molar-refractivity contribution in [2.24, 2.45) is 7.05 Å². The van der Waals surface area contributed by atoms with Crippen LogP contribution in [0.3, 0.4) is 0 Å². The van der Waals surface area contributed by atoms with Crippen LogP contribution in [-0.2, 0) is 28.2 Å². The van der Waals surface area contributed by atoms with E-state index in [4.69, 9.17) is 4.74 Å². The molecule has 1 saturated heterocycles. The van der Waals surface area contributed by atoms with Crippen molar-refractivity contribution in [2.45, 2.75) is 29.2 Å². The Morgan fingerprint density at radius 2 is 2.32 bits per heavy atom. The third-order valence-corrected chi connectivity index (χ3v) is 7.29. The third-order valence-electron chi connectivity index (χ3n) is 4.00. The smallest absolute Gasteiger partial charge is 0.252 e. The van der Waals surface area contributed by atoms with Crippen molar-refractivity contribution >= 4 is 21.4 Å². The Bertz CT molecular complexity index is 724. The fraction of sp³-hybridized carbons (Fsp3) is 0.500. The lowest BCUT2D eigenvalue weighted by molar-refractivity contribution is 0.0810. The average molecular weight is 341 g/mol. The maximum atomic E-state index is 12.8. The third kappa shape index (κ3) is 2.83. The van der Waals surface area contributed by atoms with Gasteiger partial charge in [-0.05, 0) is 29.9 Å². The van der Waals surface area contributed by atoms with E-state index in [1.165, 1.54) is 11.3 Å². The van der Waals surface area contributed by atoms with Gasteiger partial charge in [-0.1, -0.05) is 6.07 Å². The lowest BCUT2D eigenvalue weighted by Gasteiger charge is -2.26. The molecule has 2 atom stereocenters. The Balaban J connectivity index is 1.89. The van der Waals surface area contributed by atoms with Gasteiger partial charge < -0.3 is 4.74 Å². The Morgan fingerprint density at radius 3 is 2.91 bits per heavy atom. The van der Waals surface area contributed by atoms with Crippen LogP contribution < -0.4 is 0 Å². The maximum Gasteiger partial charge on any atom is 0.252 e. The number of hydrogen-bond donors (Lipinski definition) is 0. The van der Waals surface area contributed by atoms with Gasteiger partial charge in [0.15, 0.2) is 0 Å². The zero-order valence-electron chi connectivity index (χ0n) is 12.5. The van der Waals surface area contributed by atoms with Gasteiger partial charge in [-0.3, -0.25) is 4.68 Å². The van der Waals surface area contributed by atoms with E-state index in [1.807, 2.05) is 13.2 Å². The molecule has 0 saturated carbocycles. The van der Waals surface area contributed by atoms with Crippen molar-refractivity contribution in [3.8, 4) is 0 Å². The first kappa shape index (κ1) is 15.7. The van der Waals surface area contributed by atoms with Crippen molar-refractivity contribution in [2.75, 3.05) is 13.7 Å². The van der Waals surface area contributed by atoms with Crippen molar-refractivity contribution in [3.63, 3.8) is 0 Å². The SMILES string of the molecule is CO[C@H]1CCN(S(=O)(=O)c2cccs2)[C@@H]1Cc1cnn(C)c1. The Morgan fingerprint density at radius 1 is 1.50 bits per heavy atom. The van der Waals surface area contributed by atoms with E-state index in [2.05, 4.69) is 5.10 Å². The van der Waals surface area contributed by atoms with Crippen LogP contribution >= 0.6 is 11.3 Å². The van der Waals surface area contributed by atoms with E-state index in [-0.39, 0.29) is 12.1 Å². The maximum absolute atomic E-state index is 12.8. The highest BCUT2D eigenvalue weighted by molar-refractivity contribution is 7.91. The minimum atomic E-state index is -3.46. The predicted molar refractivity (Wildman–Crippen MR) is 84.3 cm³/mol. The van der Waals surface area contributed by atoms with E-state index in [0.717, 1.165) is 5.56 Å². The van der Waals surface area contributed by atoms with Crippen LogP contribution in [0, 0.1) is 0 Å². The van der Waals surface area contributed by atoms with E-state index >= 15 is 0 Å². The fourth-order valence-electron chi connectivity index (χ4n) is 2.95. The molecule has 8 heteroatoms. The van der Waals surface area contributed by atoms with Crippen molar-refractivity contribution in [1.29, 1.82) is 0 Å². The molecule has 0 N–H and O–H groups in total. The van der Waals surface area contributed by atoms with Crippen LogP contribution in [0.2, 0.25) is 0 Å². The molecule has 2 aromatic rings. The number of aromatic nitrogens is 2. The quantitative estimate of drug-likeness (QED) is 0.827. The molecular weight excluding hydrogens is 322 g/mol. The zero-order chi connectivity index (χ0) is 15.7. The average Bonchev–Trinajstić information content (AvgIpc) is 3.19. The molecule has 0 amide bonds. The van der Waals surface area contributed by atoms with Crippen LogP contribution in [0.5, 0.6) is 0 Å². The zero-order valence-corrected chi connectivity index (χ0v) is 14.2. The van der Waals surface area contributed by atoms with Gasteiger partial charge in [-0.15, -0.1) is 11.3 Å². The monoisotopic (exact) mass is 341 g/mol. The van der Waals surface area contributed by atoms with E-state index in [9.17, 15) is 8.42 Å². The van der Waals surface area contributed by atoms with Gasteiger partial charge in [-0.25, -0.2) is 8.42 Å². The minimum absolute atomic E-state index is 0.0880. The highest BCUT2D eigenvalue weighted by Gasteiger charge is 2.42. The summed E-state index contributed by atoms with van der Waals surface area (Å²) in [7, 11) is 0.0381. The van der Waals surface area contributed by atoms with Gasteiger partial charge in [0.25, 0.3) is 10.0 Å². The number of rotatable bonds is 5. The number of hydrogen-bond acceptors (Lipinski definition) is 5. The summed E-state index contributed by atoms with van der Waals surface area (Å²) in [5, 5.41) is 5.94. The van der Waals surface area contributed by atoms with Gasteiger partial charge in [0, 0.05) is 26.9 Å². The lowest BCUT2D eigenvalue weighted by Crippen LogP contribution is -2.41. The number of methoxy groups -OCH3 is 1. The van der Waals surface area contributed by atoms with Gasteiger partial charge in [0.1, 0.15) is 4.21 Å². The van der Waals surface area contributed by atoms with Gasteiger partial charge >= 0.3 is 0 Å². The second-order valence-corrected chi connectivity index (χ2v) is 8.47. The summed E-state index contributed by atoms with van der Waals surface area (Å²) in [4.78, 5) is 0. The first-order chi connectivity index (χ1) is 10.5. The molecule has 2 aromatic heterocycles. The number of ether oxygens (including phenoxy) is 1. The molecule has 1 fully saturated rings. The molecule has 3 heterocycles. The van der Waals surface area contributed by atoms with Crippen molar-refractivity contribution in [3.05, 3.63) is 35.5 Å². The molecule has 0 spiro atoms. The van der Waals surface area contributed by atoms with Crippen molar-refractivity contribution < 1.29 is 13.2 Å². The van der Waals surface area contributed by atoms with Crippen LogP contribution in [0.1, 0.15) is 12.0 Å². The highest BCUT2D eigenvalue weighted by atomic mass is 32.2. The second kappa shape index (κ2) is 6.11. The molecule has 0 aromatic carbocycles. The first-order valence-electron chi connectivity index (χ1n) is 7.08. The summed E-state index contributed by atoms with van der Waals surface area (Å²) in [5.74, 6) is 0. The molecule has 0 aliphatic carbocycles. The molecule has 3 rings (SSSR count). The Labute approximate surface area is 134 Å². The molecular formula is C14H19N3O3S2.